The van der Waals surface area contributed by atoms with Crippen molar-refractivity contribution in [1.82, 2.24) is 0 Å². The van der Waals surface area contributed by atoms with Gasteiger partial charge in [0.05, 0.1) is 0 Å². The normalized spacial score (nSPS) is 10.5. The molecule has 0 atom stereocenters. The Labute approximate surface area is 87.7 Å². The first-order valence-electron chi connectivity index (χ1n) is 5.44. The van der Waals surface area contributed by atoms with Crippen LogP contribution in [-0.4, -0.2) is 0 Å². The van der Waals surface area contributed by atoms with Crippen molar-refractivity contribution < 1.29 is 0 Å². The number of benzene rings is 1. The van der Waals surface area contributed by atoms with Gasteiger partial charge in [-0.25, -0.2) is 0 Å². The Morgan fingerprint density at radius 3 is 2.64 bits per heavy atom. The SMILES string of the molecule is C=Cc1ccccc1CCCC(C)C. The van der Waals surface area contributed by atoms with Crippen molar-refractivity contribution in [3.8, 4) is 0 Å². The van der Waals surface area contributed by atoms with Crippen molar-refractivity contribution in [3.05, 3.63) is 42.0 Å². The van der Waals surface area contributed by atoms with E-state index in [4.69, 9.17) is 0 Å². The van der Waals surface area contributed by atoms with Crippen LogP contribution in [0.1, 0.15) is 37.8 Å². The van der Waals surface area contributed by atoms with E-state index in [-0.39, 0.29) is 0 Å². The van der Waals surface area contributed by atoms with Gasteiger partial charge in [0.1, 0.15) is 0 Å². The minimum absolute atomic E-state index is 0.811. The standard InChI is InChI=1S/C14H20/c1-4-13-9-5-6-10-14(13)11-7-8-12(2)3/h4-6,9-10,12H,1,7-8,11H2,2-3H3. The largest absolute Gasteiger partial charge is 0.0985 e. The molecule has 14 heavy (non-hydrogen) atoms. The van der Waals surface area contributed by atoms with Gasteiger partial charge in [0.2, 0.25) is 0 Å². The minimum Gasteiger partial charge on any atom is -0.0985 e. The summed E-state index contributed by atoms with van der Waals surface area (Å²) in [6.07, 6.45) is 5.72. The molecule has 0 aliphatic rings. The highest BCUT2D eigenvalue weighted by Gasteiger charge is 1.99. The van der Waals surface area contributed by atoms with Crippen LogP contribution in [0.25, 0.3) is 6.08 Å². The molecule has 0 saturated heterocycles. The average molecular weight is 188 g/mol. The van der Waals surface area contributed by atoms with Crippen molar-refractivity contribution in [2.75, 3.05) is 0 Å². The molecule has 0 radical (unpaired) electrons. The van der Waals surface area contributed by atoms with Crippen molar-refractivity contribution >= 4 is 6.08 Å². The third-order valence-electron chi connectivity index (χ3n) is 2.50. The zero-order valence-corrected chi connectivity index (χ0v) is 9.29. The van der Waals surface area contributed by atoms with Gasteiger partial charge in [0, 0.05) is 0 Å². The van der Waals surface area contributed by atoms with Gasteiger partial charge in [-0.15, -0.1) is 0 Å². The molecule has 0 aliphatic carbocycles. The first-order valence-corrected chi connectivity index (χ1v) is 5.44. The van der Waals surface area contributed by atoms with Gasteiger partial charge in [-0.05, 0) is 29.9 Å². The van der Waals surface area contributed by atoms with Crippen molar-refractivity contribution in [1.29, 1.82) is 0 Å². The molecule has 0 fully saturated rings. The number of rotatable bonds is 5. The van der Waals surface area contributed by atoms with Crippen LogP contribution in [0.2, 0.25) is 0 Å². The van der Waals surface area contributed by atoms with Crippen LogP contribution >= 0.6 is 0 Å². The van der Waals surface area contributed by atoms with Crippen LogP contribution in [-0.2, 0) is 6.42 Å². The van der Waals surface area contributed by atoms with E-state index in [0.29, 0.717) is 0 Å². The van der Waals surface area contributed by atoms with Crippen LogP contribution in [0.15, 0.2) is 30.8 Å². The Morgan fingerprint density at radius 1 is 1.29 bits per heavy atom. The van der Waals surface area contributed by atoms with E-state index in [1.54, 1.807) is 0 Å². The molecule has 76 valence electrons. The van der Waals surface area contributed by atoms with Gasteiger partial charge < -0.3 is 0 Å². The Kier molecular flexibility index (Phi) is 4.45. The van der Waals surface area contributed by atoms with Crippen molar-refractivity contribution in [3.63, 3.8) is 0 Å². The average Bonchev–Trinajstić information content (AvgIpc) is 2.18. The molecule has 0 unspecified atom stereocenters. The van der Waals surface area contributed by atoms with Gasteiger partial charge in [-0.2, -0.15) is 0 Å². The smallest absolute Gasteiger partial charge is 0.0230 e. The molecule has 0 nitrogen and oxygen atoms in total. The van der Waals surface area contributed by atoms with Crippen molar-refractivity contribution in [2.45, 2.75) is 33.1 Å². The molecule has 0 N–H and O–H groups in total. The van der Waals surface area contributed by atoms with Gasteiger partial charge in [-0.1, -0.05) is 57.2 Å². The lowest BCUT2D eigenvalue weighted by atomic mass is 9.99. The fourth-order valence-electron chi connectivity index (χ4n) is 1.66. The zero-order chi connectivity index (χ0) is 10.4. The third kappa shape index (κ3) is 3.37. The maximum absolute atomic E-state index is 3.83. The Bertz CT molecular complexity index is 284. The number of hydrogen-bond donors (Lipinski definition) is 0. The summed E-state index contributed by atoms with van der Waals surface area (Å²) in [5, 5.41) is 0. The zero-order valence-electron chi connectivity index (χ0n) is 9.29. The van der Waals surface area contributed by atoms with Gasteiger partial charge in [-0.3, -0.25) is 0 Å². The highest BCUT2D eigenvalue weighted by Crippen LogP contribution is 2.14. The van der Waals surface area contributed by atoms with Gasteiger partial charge in [0.25, 0.3) is 0 Å². The first-order chi connectivity index (χ1) is 6.74. The number of hydrogen-bond acceptors (Lipinski definition) is 0. The second kappa shape index (κ2) is 5.64. The molecule has 0 bridgehead atoms. The molecule has 0 aromatic heterocycles. The van der Waals surface area contributed by atoms with E-state index < -0.39 is 0 Å². The first kappa shape index (κ1) is 11.0. The topological polar surface area (TPSA) is 0 Å². The van der Waals surface area contributed by atoms with Gasteiger partial charge in [0.15, 0.2) is 0 Å². The molecule has 0 spiro atoms. The molecule has 1 aromatic rings. The molecule has 0 heterocycles. The second-order valence-electron chi connectivity index (χ2n) is 4.19. The summed E-state index contributed by atoms with van der Waals surface area (Å²) >= 11 is 0. The molecule has 0 heteroatoms. The summed E-state index contributed by atoms with van der Waals surface area (Å²) in [7, 11) is 0. The summed E-state index contributed by atoms with van der Waals surface area (Å²) in [4.78, 5) is 0. The fraction of sp³-hybridized carbons (Fsp3) is 0.429. The van der Waals surface area contributed by atoms with Crippen LogP contribution < -0.4 is 0 Å². The lowest BCUT2D eigenvalue weighted by molar-refractivity contribution is 0.555. The summed E-state index contributed by atoms with van der Waals surface area (Å²) in [5.74, 6) is 0.811. The lowest BCUT2D eigenvalue weighted by Crippen LogP contribution is -1.92. The van der Waals surface area contributed by atoms with E-state index >= 15 is 0 Å². The molecule has 0 saturated carbocycles. The van der Waals surface area contributed by atoms with E-state index in [9.17, 15) is 0 Å². The summed E-state index contributed by atoms with van der Waals surface area (Å²) in [6, 6.07) is 8.52. The monoisotopic (exact) mass is 188 g/mol. The van der Waals surface area contributed by atoms with E-state index in [0.717, 1.165) is 5.92 Å². The predicted molar refractivity (Wildman–Crippen MR) is 64.3 cm³/mol. The van der Waals surface area contributed by atoms with Crippen LogP contribution in [0.5, 0.6) is 0 Å². The highest BCUT2D eigenvalue weighted by atomic mass is 14.0. The quantitative estimate of drug-likeness (QED) is 0.646. The molecular weight excluding hydrogens is 168 g/mol. The Morgan fingerprint density at radius 2 is 2.00 bits per heavy atom. The lowest BCUT2D eigenvalue weighted by Gasteiger charge is -2.07. The maximum Gasteiger partial charge on any atom is -0.0230 e. The van der Waals surface area contributed by atoms with Crippen LogP contribution in [0.3, 0.4) is 0 Å². The predicted octanol–water partition coefficient (Wildman–Crippen LogP) is 4.31. The molecular formula is C14H20. The maximum atomic E-state index is 3.83. The van der Waals surface area contributed by atoms with Crippen molar-refractivity contribution in [2.24, 2.45) is 5.92 Å². The van der Waals surface area contributed by atoms with Crippen LogP contribution in [0, 0.1) is 5.92 Å². The minimum atomic E-state index is 0.811. The highest BCUT2D eigenvalue weighted by molar-refractivity contribution is 5.51. The van der Waals surface area contributed by atoms with Crippen LogP contribution in [0.4, 0.5) is 0 Å². The Hall–Kier alpha value is -1.04. The van der Waals surface area contributed by atoms with E-state index in [1.165, 1.54) is 30.4 Å². The molecule has 0 aliphatic heterocycles. The molecule has 0 amide bonds. The summed E-state index contributed by atoms with van der Waals surface area (Å²) < 4.78 is 0. The molecule has 1 aromatic carbocycles. The Balaban J connectivity index is 2.53. The summed E-state index contributed by atoms with van der Waals surface area (Å²) in [6.45, 7) is 8.39. The van der Waals surface area contributed by atoms with E-state index in [1.807, 2.05) is 6.08 Å². The van der Waals surface area contributed by atoms with Gasteiger partial charge >= 0.3 is 0 Å². The third-order valence-corrected chi connectivity index (χ3v) is 2.50. The number of aryl methyl sites for hydroxylation is 1. The summed E-state index contributed by atoms with van der Waals surface area (Å²) in [5.41, 5.74) is 2.72. The second-order valence-corrected chi connectivity index (χ2v) is 4.19. The van der Waals surface area contributed by atoms with E-state index in [2.05, 4.69) is 44.7 Å². The molecule has 1 rings (SSSR count). The fourth-order valence-corrected chi connectivity index (χ4v) is 1.66.